The van der Waals surface area contributed by atoms with Crippen LogP contribution in [0.5, 0.6) is 0 Å². The SMILES string of the molecule is CSc1ccc(SC)c2c1C(=O)c1c(SC)ccc(SC)c1C2=O. The molecule has 0 aromatic heterocycles. The molecule has 0 radical (unpaired) electrons. The van der Waals surface area contributed by atoms with Crippen LogP contribution in [0.1, 0.15) is 31.8 Å². The maximum absolute atomic E-state index is 13.4. The van der Waals surface area contributed by atoms with Gasteiger partial charge in [0, 0.05) is 41.8 Å². The Morgan fingerprint density at radius 1 is 0.500 bits per heavy atom. The van der Waals surface area contributed by atoms with E-state index in [2.05, 4.69) is 0 Å². The maximum Gasteiger partial charge on any atom is 0.196 e. The summed E-state index contributed by atoms with van der Waals surface area (Å²) in [5, 5.41) is 0. The molecule has 0 unspecified atom stereocenters. The van der Waals surface area contributed by atoms with E-state index in [1.807, 2.05) is 49.3 Å². The third kappa shape index (κ3) is 2.64. The third-order valence-corrected chi connectivity index (χ3v) is 7.17. The lowest BCUT2D eigenvalue weighted by atomic mass is 9.84. The molecule has 0 heterocycles. The molecule has 0 spiro atoms. The van der Waals surface area contributed by atoms with Gasteiger partial charge < -0.3 is 0 Å². The second-order valence-corrected chi connectivity index (χ2v) is 8.49. The zero-order chi connectivity index (χ0) is 17.4. The Kier molecular flexibility index (Phi) is 5.39. The Bertz CT molecular complexity index is 721. The number of benzene rings is 2. The van der Waals surface area contributed by atoms with Crippen molar-refractivity contribution in [2.75, 3.05) is 25.0 Å². The van der Waals surface area contributed by atoms with Gasteiger partial charge in [0.2, 0.25) is 0 Å². The van der Waals surface area contributed by atoms with E-state index in [1.165, 1.54) is 47.0 Å². The predicted octanol–water partition coefficient (Wildman–Crippen LogP) is 5.35. The smallest absolute Gasteiger partial charge is 0.196 e. The molecule has 0 atom stereocenters. The van der Waals surface area contributed by atoms with E-state index in [0.717, 1.165) is 19.6 Å². The van der Waals surface area contributed by atoms with Crippen LogP contribution in [0.3, 0.4) is 0 Å². The van der Waals surface area contributed by atoms with E-state index in [1.54, 1.807) is 0 Å². The molecule has 0 aliphatic heterocycles. The molecule has 1 aliphatic carbocycles. The van der Waals surface area contributed by atoms with Crippen LogP contribution in [0.25, 0.3) is 0 Å². The molecule has 2 nitrogen and oxygen atoms in total. The first-order valence-corrected chi connectivity index (χ1v) is 12.1. The average molecular weight is 393 g/mol. The van der Waals surface area contributed by atoms with Crippen LogP contribution in [0.15, 0.2) is 43.8 Å². The second-order valence-electron chi connectivity index (χ2n) is 5.10. The van der Waals surface area contributed by atoms with Crippen LogP contribution >= 0.6 is 47.0 Å². The standard InChI is InChI=1S/C18H16O2S4/c1-21-9-5-6-10(22-2)14-13(9)17(19)15-11(23-3)7-8-12(24-4)16(15)18(14)20/h5-8H,1-4H3. The molecule has 24 heavy (non-hydrogen) atoms. The Morgan fingerprint density at radius 3 is 0.875 bits per heavy atom. The Morgan fingerprint density at radius 2 is 0.708 bits per heavy atom. The van der Waals surface area contributed by atoms with Crippen molar-refractivity contribution in [3.8, 4) is 0 Å². The van der Waals surface area contributed by atoms with Gasteiger partial charge in [-0.25, -0.2) is 0 Å². The summed E-state index contributed by atoms with van der Waals surface area (Å²) in [7, 11) is 0. The fourth-order valence-electron chi connectivity index (χ4n) is 2.96. The normalized spacial score (nSPS) is 13.0. The first-order valence-electron chi connectivity index (χ1n) is 7.18. The predicted molar refractivity (Wildman–Crippen MR) is 107 cm³/mol. The molecule has 0 saturated carbocycles. The molecule has 2 aromatic rings. The topological polar surface area (TPSA) is 34.1 Å². The van der Waals surface area contributed by atoms with E-state index in [-0.39, 0.29) is 11.6 Å². The third-order valence-electron chi connectivity index (χ3n) is 4.05. The van der Waals surface area contributed by atoms with E-state index < -0.39 is 0 Å². The van der Waals surface area contributed by atoms with Gasteiger partial charge in [0.25, 0.3) is 0 Å². The van der Waals surface area contributed by atoms with Crippen molar-refractivity contribution in [3.05, 3.63) is 46.5 Å². The lowest BCUT2D eigenvalue weighted by Crippen LogP contribution is -2.24. The number of thioether (sulfide) groups is 4. The minimum atomic E-state index is -0.0277. The maximum atomic E-state index is 13.4. The van der Waals surface area contributed by atoms with Crippen LogP contribution in [0, 0.1) is 0 Å². The molecule has 124 valence electrons. The van der Waals surface area contributed by atoms with Gasteiger partial charge in [-0.1, -0.05) is 0 Å². The van der Waals surface area contributed by atoms with Gasteiger partial charge in [-0.2, -0.15) is 0 Å². The summed E-state index contributed by atoms with van der Waals surface area (Å²) in [5.41, 5.74) is 2.28. The summed E-state index contributed by atoms with van der Waals surface area (Å²) in [4.78, 5) is 30.2. The summed E-state index contributed by atoms with van der Waals surface area (Å²) < 4.78 is 0. The van der Waals surface area contributed by atoms with Crippen LogP contribution in [-0.4, -0.2) is 36.6 Å². The van der Waals surface area contributed by atoms with Crippen LogP contribution in [0.2, 0.25) is 0 Å². The number of hydrogen-bond acceptors (Lipinski definition) is 6. The second kappa shape index (κ2) is 7.20. The van der Waals surface area contributed by atoms with Gasteiger partial charge in [0.15, 0.2) is 11.6 Å². The van der Waals surface area contributed by atoms with Crippen LogP contribution in [0.4, 0.5) is 0 Å². The lowest BCUT2D eigenvalue weighted by molar-refractivity contribution is 0.0970. The van der Waals surface area contributed by atoms with Crippen molar-refractivity contribution in [2.45, 2.75) is 19.6 Å². The van der Waals surface area contributed by atoms with E-state index in [4.69, 9.17) is 0 Å². The fourth-order valence-corrected chi connectivity index (χ4v) is 5.37. The van der Waals surface area contributed by atoms with Crippen molar-refractivity contribution in [1.82, 2.24) is 0 Å². The highest BCUT2D eigenvalue weighted by atomic mass is 32.2. The molecular weight excluding hydrogens is 376 g/mol. The molecule has 2 aromatic carbocycles. The summed E-state index contributed by atoms with van der Waals surface area (Å²) in [5.74, 6) is -0.0554. The zero-order valence-corrected chi connectivity index (χ0v) is 17.0. The summed E-state index contributed by atoms with van der Waals surface area (Å²) in [6, 6.07) is 7.79. The summed E-state index contributed by atoms with van der Waals surface area (Å²) in [6.45, 7) is 0. The van der Waals surface area contributed by atoms with E-state index >= 15 is 0 Å². The molecule has 0 amide bonds. The average Bonchev–Trinajstić information content (AvgIpc) is 2.63. The first-order chi connectivity index (χ1) is 11.6. The van der Waals surface area contributed by atoms with Gasteiger partial charge in [-0.3, -0.25) is 9.59 Å². The van der Waals surface area contributed by atoms with Crippen molar-refractivity contribution in [3.63, 3.8) is 0 Å². The molecule has 0 bridgehead atoms. The van der Waals surface area contributed by atoms with E-state index in [9.17, 15) is 9.59 Å². The monoisotopic (exact) mass is 392 g/mol. The quantitative estimate of drug-likeness (QED) is 0.557. The fraction of sp³-hybridized carbons (Fsp3) is 0.222. The zero-order valence-electron chi connectivity index (χ0n) is 13.8. The molecule has 1 aliphatic rings. The highest BCUT2D eigenvalue weighted by Gasteiger charge is 2.36. The number of fused-ring (bicyclic) bond motifs is 2. The molecular formula is C18H16O2S4. The summed E-state index contributed by atoms with van der Waals surface area (Å²) >= 11 is 6.05. The van der Waals surface area contributed by atoms with Crippen LogP contribution < -0.4 is 0 Å². The number of carbonyl (C=O) groups excluding carboxylic acids is 2. The molecule has 3 rings (SSSR count). The lowest BCUT2D eigenvalue weighted by Gasteiger charge is -2.24. The Balaban J connectivity index is 2.42. The number of hydrogen-bond donors (Lipinski definition) is 0. The molecule has 0 fully saturated rings. The van der Waals surface area contributed by atoms with Crippen molar-refractivity contribution < 1.29 is 9.59 Å². The molecule has 6 heteroatoms. The largest absolute Gasteiger partial charge is 0.288 e. The number of carbonyl (C=O) groups is 2. The highest BCUT2D eigenvalue weighted by Crippen LogP contribution is 2.43. The minimum absolute atomic E-state index is 0.0277. The Labute approximate surface area is 158 Å². The van der Waals surface area contributed by atoms with Crippen LogP contribution in [-0.2, 0) is 0 Å². The van der Waals surface area contributed by atoms with Crippen molar-refractivity contribution >= 4 is 58.6 Å². The van der Waals surface area contributed by atoms with Crippen molar-refractivity contribution in [2.24, 2.45) is 0 Å². The van der Waals surface area contributed by atoms with Gasteiger partial charge in [-0.15, -0.1) is 47.0 Å². The van der Waals surface area contributed by atoms with Gasteiger partial charge in [-0.05, 0) is 49.3 Å². The molecule has 0 saturated heterocycles. The minimum Gasteiger partial charge on any atom is -0.288 e. The van der Waals surface area contributed by atoms with E-state index in [0.29, 0.717) is 22.3 Å². The first kappa shape index (κ1) is 18.0. The number of rotatable bonds is 4. The van der Waals surface area contributed by atoms with Gasteiger partial charge in [0.05, 0.1) is 0 Å². The van der Waals surface area contributed by atoms with Gasteiger partial charge >= 0.3 is 0 Å². The Hall–Kier alpha value is -0.820. The highest BCUT2D eigenvalue weighted by molar-refractivity contribution is 7.99. The van der Waals surface area contributed by atoms with Crippen molar-refractivity contribution in [1.29, 1.82) is 0 Å². The van der Waals surface area contributed by atoms with Gasteiger partial charge in [0.1, 0.15) is 0 Å². The summed E-state index contributed by atoms with van der Waals surface area (Å²) in [6.07, 6.45) is 7.76. The molecule has 0 N–H and O–H groups in total. The number of ketones is 2.